The lowest BCUT2D eigenvalue weighted by Crippen LogP contribution is -2.21. The average Bonchev–Trinajstić information content (AvgIpc) is 2.87. The van der Waals surface area contributed by atoms with Crippen molar-refractivity contribution in [2.75, 3.05) is 13.2 Å². The van der Waals surface area contributed by atoms with Crippen LogP contribution in [0.2, 0.25) is 0 Å². The number of rotatable bonds is 8. The van der Waals surface area contributed by atoms with Crippen molar-refractivity contribution >= 4 is 5.97 Å². The van der Waals surface area contributed by atoms with E-state index >= 15 is 0 Å². The third kappa shape index (κ3) is 5.34. The topological polar surface area (TPSA) is 104 Å². The van der Waals surface area contributed by atoms with Gasteiger partial charge in [0, 0.05) is 11.6 Å². The first-order chi connectivity index (χ1) is 17.4. The number of fused-ring (bicyclic) bond motifs is 1. The van der Waals surface area contributed by atoms with Crippen LogP contribution in [0.5, 0.6) is 23.0 Å². The lowest BCUT2D eigenvalue weighted by Gasteiger charge is -2.26. The number of hydrogen-bond donors (Lipinski definition) is 1. The Hall–Kier alpha value is -4.70. The van der Waals surface area contributed by atoms with Crippen molar-refractivity contribution in [3.63, 3.8) is 0 Å². The number of nitrogens with two attached hydrogens (primary N) is 1. The lowest BCUT2D eigenvalue weighted by atomic mass is 9.83. The smallest absolute Gasteiger partial charge is 0.349 e. The summed E-state index contributed by atoms with van der Waals surface area (Å²) in [5.74, 6) is 0.970. The van der Waals surface area contributed by atoms with Crippen molar-refractivity contribution in [2.24, 2.45) is 5.73 Å². The highest BCUT2D eigenvalue weighted by atomic mass is 16.6. The molecule has 0 radical (unpaired) electrons. The second-order valence-electron chi connectivity index (χ2n) is 8.30. The number of nitriles is 1. The van der Waals surface area contributed by atoms with E-state index in [-0.39, 0.29) is 18.2 Å². The molecule has 0 aliphatic carbocycles. The molecule has 0 saturated carbocycles. The zero-order chi connectivity index (χ0) is 25.7. The van der Waals surface area contributed by atoms with E-state index in [4.69, 9.17) is 24.7 Å². The molecular formula is C29H26N2O5. The number of nitrogens with zero attached hydrogens (tertiary/aromatic N) is 1. The monoisotopic (exact) mass is 482 g/mol. The SMILES string of the molecule is C=CCOc1ccc(C2C(C#N)=C(N)Oc3cc(OC(=O)COc4ccc(C)c(C)c4)ccc32)cc1. The zero-order valence-corrected chi connectivity index (χ0v) is 20.1. The van der Waals surface area contributed by atoms with Gasteiger partial charge in [-0.3, -0.25) is 0 Å². The third-order valence-corrected chi connectivity index (χ3v) is 5.84. The Balaban J connectivity index is 1.51. The number of carbonyl (C=O) groups excluding carboxylic acids is 1. The molecule has 7 nitrogen and oxygen atoms in total. The van der Waals surface area contributed by atoms with Crippen LogP contribution in [0.15, 0.2) is 84.8 Å². The van der Waals surface area contributed by atoms with E-state index < -0.39 is 11.9 Å². The van der Waals surface area contributed by atoms with Crippen LogP contribution < -0.4 is 24.7 Å². The van der Waals surface area contributed by atoms with Crippen molar-refractivity contribution in [1.29, 1.82) is 5.26 Å². The molecule has 0 bridgehead atoms. The van der Waals surface area contributed by atoms with Gasteiger partial charge < -0.3 is 24.7 Å². The van der Waals surface area contributed by atoms with Crippen molar-refractivity contribution < 1.29 is 23.7 Å². The molecule has 1 heterocycles. The van der Waals surface area contributed by atoms with Gasteiger partial charge in [-0.2, -0.15) is 5.26 Å². The fourth-order valence-electron chi connectivity index (χ4n) is 3.86. The predicted molar refractivity (Wildman–Crippen MR) is 135 cm³/mol. The third-order valence-electron chi connectivity index (χ3n) is 5.84. The van der Waals surface area contributed by atoms with E-state index in [1.54, 1.807) is 24.3 Å². The van der Waals surface area contributed by atoms with Gasteiger partial charge in [-0.15, -0.1) is 0 Å². The zero-order valence-electron chi connectivity index (χ0n) is 20.1. The summed E-state index contributed by atoms with van der Waals surface area (Å²) in [6, 6.07) is 20.2. The number of aryl methyl sites for hydroxylation is 2. The van der Waals surface area contributed by atoms with E-state index in [0.29, 0.717) is 29.4 Å². The van der Waals surface area contributed by atoms with Crippen LogP contribution in [0.4, 0.5) is 0 Å². The van der Waals surface area contributed by atoms with Crippen LogP contribution in [-0.4, -0.2) is 19.2 Å². The van der Waals surface area contributed by atoms with Crippen LogP contribution in [-0.2, 0) is 4.79 Å². The molecule has 1 aliphatic heterocycles. The fraction of sp³-hybridized carbons (Fsp3) is 0.172. The van der Waals surface area contributed by atoms with Crippen molar-refractivity contribution in [1.82, 2.24) is 0 Å². The van der Waals surface area contributed by atoms with Gasteiger partial charge in [-0.05, 0) is 60.9 Å². The van der Waals surface area contributed by atoms with Gasteiger partial charge in [0.15, 0.2) is 6.61 Å². The van der Waals surface area contributed by atoms with Gasteiger partial charge in [0.25, 0.3) is 0 Å². The molecule has 4 rings (SSSR count). The van der Waals surface area contributed by atoms with E-state index in [1.165, 1.54) is 0 Å². The highest BCUT2D eigenvalue weighted by molar-refractivity contribution is 5.74. The molecule has 0 aromatic heterocycles. The summed E-state index contributed by atoms with van der Waals surface area (Å²) in [5, 5.41) is 9.76. The first-order valence-corrected chi connectivity index (χ1v) is 11.4. The number of benzene rings is 3. The van der Waals surface area contributed by atoms with Crippen LogP contribution in [0.1, 0.15) is 28.2 Å². The number of allylic oxidation sites excluding steroid dienone is 1. The van der Waals surface area contributed by atoms with E-state index in [1.807, 2.05) is 56.3 Å². The van der Waals surface area contributed by atoms with Gasteiger partial charge in [0.2, 0.25) is 5.88 Å². The van der Waals surface area contributed by atoms with E-state index in [9.17, 15) is 10.1 Å². The van der Waals surface area contributed by atoms with Gasteiger partial charge in [-0.25, -0.2) is 4.79 Å². The average molecular weight is 483 g/mol. The normalized spacial score (nSPS) is 14.2. The van der Waals surface area contributed by atoms with Gasteiger partial charge in [0.05, 0.1) is 5.92 Å². The number of ether oxygens (including phenoxy) is 4. The van der Waals surface area contributed by atoms with Crippen LogP contribution in [0.3, 0.4) is 0 Å². The molecule has 0 spiro atoms. The minimum atomic E-state index is -0.558. The molecule has 3 aromatic rings. The highest BCUT2D eigenvalue weighted by Crippen LogP contribution is 2.43. The Morgan fingerprint density at radius 2 is 1.75 bits per heavy atom. The fourth-order valence-corrected chi connectivity index (χ4v) is 3.86. The summed E-state index contributed by atoms with van der Waals surface area (Å²) in [6.45, 7) is 7.77. The van der Waals surface area contributed by atoms with Crippen LogP contribution in [0, 0.1) is 25.2 Å². The van der Waals surface area contributed by atoms with Crippen LogP contribution >= 0.6 is 0 Å². The molecular weight excluding hydrogens is 456 g/mol. The second kappa shape index (κ2) is 10.7. The van der Waals surface area contributed by atoms with E-state index in [2.05, 4.69) is 12.6 Å². The highest BCUT2D eigenvalue weighted by Gasteiger charge is 2.31. The Morgan fingerprint density at radius 1 is 1.03 bits per heavy atom. The molecule has 1 unspecified atom stereocenters. The molecule has 0 fully saturated rings. The van der Waals surface area contributed by atoms with Crippen molar-refractivity contribution in [2.45, 2.75) is 19.8 Å². The van der Waals surface area contributed by atoms with Crippen LogP contribution in [0.25, 0.3) is 0 Å². The summed E-state index contributed by atoms with van der Waals surface area (Å²) >= 11 is 0. The molecule has 7 heteroatoms. The largest absolute Gasteiger partial charge is 0.490 e. The maximum Gasteiger partial charge on any atom is 0.349 e. The maximum absolute atomic E-state index is 12.4. The lowest BCUT2D eigenvalue weighted by molar-refractivity contribution is -0.136. The Bertz CT molecular complexity index is 1370. The Labute approximate surface area is 210 Å². The summed E-state index contributed by atoms with van der Waals surface area (Å²) in [5.41, 5.74) is 10.2. The maximum atomic E-state index is 12.4. The van der Waals surface area contributed by atoms with Gasteiger partial charge >= 0.3 is 5.97 Å². The number of carbonyl (C=O) groups is 1. The van der Waals surface area contributed by atoms with E-state index in [0.717, 1.165) is 22.3 Å². The van der Waals surface area contributed by atoms with Gasteiger partial charge in [-0.1, -0.05) is 36.9 Å². The molecule has 3 aromatic carbocycles. The van der Waals surface area contributed by atoms with Crippen molar-refractivity contribution in [3.8, 4) is 29.1 Å². The molecule has 2 N–H and O–H groups in total. The predicted octanol–water partition coefficient (Wildman–Crippen LogP) is 5.07. The molecule has 0 amide bonds. The summed E-state index contributed by atoms with van der Waals surface area (Å²) in [4.78, 5) is 12.4. The molecule has 1 aliphatic rings. The van der Waals surface area contributed by atoms with Crippen molar-refractivity contribution in [3.05, 3.63) is 107 Å². The molecule has 0 saturated heterocycles. The summed E-state index contributed by atoms with van der Waals surface area (Å²) in [6.07, 6.45) is 1.67. The number of esters is 1. The van der Waals surface area contributed by atoms with Gasteiger partial charge in [0.1, 0.15) is 41.2 Å². The molecule has 36 heavy (non-hydrogen) atoms. The molecule has 182 valence electrons. The molecule has 1 atom stereocenters. The minimum absolute atomic E-state index is 0.00327. The second-order valence-corrected chi connectivity index (χ2v) is 8.30. The summed E-state index contributed by atoms with van der Waals surface area (Å²) < 4.78 is 22.3. The summed E-state index contributed by atoms with van der Waals surface area (Å²) in [7, 11) is 0. The first-order valence-electron chi connectivity index (χ1n) is 11.4. The standard InChI is InChI=1S/C29H26N2O5/c1-4-13-33-21-9-6-20(7-10-21)28-24-12-11-23(15-26(24)36-29(31)25(28)16-30)35-27(32)17-34-22-8-5-18(2)19(3)14-22/h4-12,14-15,28H,1,13,17,31H2,2-3H3. The Morgan fingerprint density at radius 3 is 2.44 bits per heavy atom. The Kier molecular flexibility index (Phi) is 7.26. The quantitative estimate of drug-likeness (QED) is 0.272. The first kappa shape index (κ1) is 24.4. The minimum Gasteiger partial charge on any atom is -0.490 e. The number of hydrogen-bond acceptors (Lipinski definition) is 7.